The molecule has 88 valence electrons. The van der Waals surface area contributed by atoms with Crippen molar-refractivity contribution in [2.75, 3.05) is 5.73 Å². The quantitative estimate of drug-likeness (QED) is 0.842. The Balaban J connectivity index is 1.86. The molecule has 0 saturated heterocycles. The monoisotopic (exact) mass is 248 g/mol. The van der Waals surface area contributed by atoms with Gasteiger partial charge in [-0.05, 0) is 30.0 Å². The number of nitrogen functional groups attached to an aromatic ring is 1. The van der Waals surface area contributed by atoms with Gasteiger partial charge in [0.15, 0.2) is 0 Å². The van der Waals surface area contributed by atoms with Crippen molar-refractivity contribution >= 4 is 17.5 Å². The molecule has 0 amide bonds. The van der Waals surface area contributed by atoms with E-state index in [0.29, 0.717) is 11.9 Å². The van der Waals surface area contributed by atoms with Gasteiger partial charge in [0.25, 0.3) is 0 Å². The van der Waals surface area contributed by atoms with Crippen LogP contribution in [0.2, 0.25) is 5.02 Å². The molecule has 5 heteroatoms. The highest BCUT2D eigenvalue weighted by molar-refractivity contribution is 6.30. The highest BCUT2D eigenvalue weighted by Crippen LogP contribution is 2.29. The molecule has 2 N–H and O–H groups in total. The van der Waals surface area contributed by atoms with Gasteiger partial charge in [-0.3, -0.25) is 0 Å². The summed E-state index contributed by atoms with van der Waals surface area (Å²) in [6.45, 7) is 0.882. The van der Waals surface area contributed by atoms with Crippen LogP contribution in [0, 0.1) is 0 Å². The standard InChI is InChI=1S/C12H13ClN4/c13-10-3-1-8(2-4-10)9-5-6-17-11(7-9)15-12(14)16-17/h1-4,9H,5-7H2,(H2,14,16). The first kappa shape index (κ1) is 10.6. The van der Waals surface area contributed by atoms with Crippen molar-refractivity contribution in [3.63, 3.8) is 0 Å². The lowest BCUT2D eigenvalue weighted by molar-refractivity contribution is 0.434. The smallest absolute Gasteiger partial charge is 0.239 e. The number of aryl methyl sites for hydroxylation is 1. The SMILES string of the molecule is Nc1nc2n(n1)CCC(c1ccc(Cl)cc1)C2. The van der Waals surface area contributed by atoms with Gasteiger partial charge in [-0.1, -0.05) is 23.7 Å². The fourth-order valence-electron chi connectivity index (χ4n) is 2.34. The molecule has 1 aliphatic rings. The fourth-order valence-corrected chi connectivity index (χ4v) is 2.47. The van der Waals surface area contributed by atoms with E-state index >= 15 is 0 Å². The molecule has 2 aromatic rings. The number of halogens is 1. The highest BCUT2D eigenvalue weighted by atomic mass is 35.5. The maximum atomic E-state index is 5.89. The van der Waals surface area contributed by atoms with Crippen LogP contribution in [0.3, 0.4) is 0 Å². The second-order valence-corrected chi connectivity index (χ2v) is 4.79. The van der Waals surface area contributed by atoms with Gasteiger partial charge in [0.1, 0.15) is 5.82 Å². The van der Waals surface area contributed by atoms with Crippen LogP contribution in [0.15, 0.2) is 24.3 Å². The topological polar surface area (TPSA) is 56.7 Å². The Bertz CT molecular complexity index is 532. The molecule has 1 atom stereocenters. The number of hydrogen-bond donors (Lipinski definition) is 1. The van der Waals surface area contributed by atoms with E-state index in [4.69, 9.17) is 17.3 Å². The van der Waals surface area contributed by atoms with E-state index in [0.717, 1.165) is 30.2 Å². The molecule has 0 saturated carbocycles. The number of rotatable bonds is 1. The minimum Gasteiger partial charge on any atom is -0.366 e. The van der Waals surface area contributed by atoms with Crippen molar-refractivity contribution in [1.29, 1.82) is 0 Å². The van der Waals surface area contributed by atoms with Crippen LogP contribution in [-0.2, 0) is 13.0 Å². The second-order valence-electron chi connectivity index (χ2n) is 4.35. The molecule has 0 spiro atoms. The van der Waals surface area contributed by atoms with E-state index in [1.807, 2.05) is 16.8 Å². The van der Waals surface area contributed by atoms with Gasteiger partial charge < -0.3 is 5.73 Å². The summed E-state index contributed by atoms with van der Waals surface area (Å²) in [6, 6.07) is 8.04. The van der Waals surface area contributed by atoms with Crippen molar-refractivity contribution in [3.8, 4) is 0 Å². The van der Waals surface area contributed by atoms with Gasteiger partial charge >= 0.3 is 0 Å². The third-order valence-electron chi connectivity index (χ3n) is 3.22. The summed E-state index contributed by atoms with van der Waals surface area (Å²) in [4.78, 5) is 4.25. The van der Waals surface area contributed by atoms with E-state index in [-0.39, 0.29) is 0 Å². The van der Waals surface area contributed by atoms with Crippen LogP contribution < -0.4 is 5.73 Å². The molecule has 17 heavy (non-hydrogen) atoms. The van der Waals surface area contributed by atoms with Crippen molar-refractivity contribution < 1.29 is 0 Å². The summed E-state index contributed by atoms with van der Waals surface area (Å²) in [7, 11) is 0. The van der Waals surface area contributed by atoms with Crippen LogP contribution in [0.4, 0.5) is 5.95 Å². The average molecular weight is 249 g/mol. The van der Waals surface area contributed by atoms with Crippen LogP contribution in [-0.4, -0.2) is 14.8 Å². The van der Waals surface area contributed by atoms with Crippen LogP contribution in [0.5, 0.6) is 0 Å². The van der Waals surface area contributed by atoms with Gasteiger partial charge in [0.2, 0.25) is 5.95 Å². The second kappa shape index (κ2) is 4.04. The van der Waals surface area contributed by atoms with Gasteiger partial charge in [-0.2, -0.15) is 4.98 Å². The Hall–Kier alpha value is -1.55. The predicted octanol–water partition coefficient (Wildman–Crippen LogP) is 2.24. The van der Waals surface area contributed by atoms with Crippen LogP contribution in [0.25, 0.3) is 0 Å². The zero-order valence-corrected chi connectivity index (χ0v) is 10.1. The zero-order chi connectivity index (χ0) is 11.8. The third-order valence-corrected chi connectivity index (χ3v) is 3.48. The molecular formula is C12H13ClN4. The number of hydrogen-bond acceptors (Lipinski definition) is 3. The summed E-state index contributed by atoms with van der Waals surface area (Å²) >= 11 is 5.89. The molecule has 3 rings (SSSR count). The van der Waals surface area contributed by atoms with Crippen LogP contribution in [0.1, 0.15) is 23.7 Å². The number of benzene rings is 1. The Labute approximate surface area is 104 Å². The molecule has 0 fully saturated rings. The molecule has 1 unspecified atom stereocenters. The summed E-state index contributed by atoms with van der Waals surface area (Å²) < 4.78 is 1.90. The Morgan fingerprint density at radius 2 is 2.06 bits per heavy atom. The number of fused-ring (bicyclic) bond motifs is 1. The van der Waals surface area contributed by atoms with Crippen molar-refractivity contribution in [1.82, 2.24) is 14.8 Å². The summed E-state index contributed by atoms with van der Waals surface area (Å²) in [5, 5.41) is 4.93. The van der Waals surface area contributed by atoms with Crippen LogP contribution >= 0.6 is 11.6 Å². The molecule has 4 nitrogen and oxygen atoms in total. The largest absolute Gasteiger partial charge is 0.366 e. The lowest BCUT2D eigenvalue weighted by atomic mass is 9.90. The van der Waals surface area contributed by atoms with Gasteiger partial charge in [-0.15, -0.1) is 5.10 Å². The summed E-state index contributed by atoms with van der Waals surface area (Å²) in [6.07, 6.45) is 1.96. The number of aromatic nitrogens is 3. The first-order chi connectivity index (χ1) is 8.22. The van der Waals surface area contributed by atoms with E-state index in [1.165, 1.54) is 5.56 Å². The van der Waals surface area contributed by atoms with Gasteiger partial charge in [0.05, 0.1) is 0 Å². The minimum atomic E-state index is 0.372. The number of nitrogens with two attached hydrogens (primary N) is 1. The molecule has 0 aliphatic carbocycles. The lowest BCUT2D eigenvalue weighted by Gasteiger charge is -2.22. The third kappa shape index (κ3) is 2.00. The highest BCUT2D eigenvalue weighted by Gasteiger charge is 2.22. The first-order valence-corrected chi connectivity index (χ1v) is 6.05. The van der Waals surface area contributed by atoms with Gasteiger partial charge in [-0.25, -0.2) is 4.68 Å². The average Bonchev–Trinajstić information content (AvgIpc) is 2.69. The number of nitrogens with zero attached hydrogens (tertiary/aromatic N) is 3. The maximum absolute atomic E-state index is 5.89. The zero-order valence-electron chi connectivity index (χ0n) is 9.31. The molecule has 1 aliphatic heterocycles. The molecular weight excluding hydrogens is 236 g/mol. The predicted molar refractivity (Wildman–Crippen MR) is 66.9 cm³/mol. The Morgan fingerprint density at radius 1 is 1.29 bits per heavy atom. The van der Waals surface area contributed by atoms with E-state index in [1.54, 1.807) is 0 Å². The normalized spacial score (nSPS) is 19.0. The lowest BCUT2D eigenvalue weighted by Crippen LogP contribution is -2.19. The van der Waals surface area contributed by atoms with Crippen molar-refractivity contribution in [2.24, 2.45) is 0 Å². The Morgan fingerprint density at radius 3 is 2.82 bits per heavy atom. The van der Waals surface area contributed by atoms with Crippen molar-refractivity contribution in [3.05, 3.63) is 40.7 Å². The first-order valence-electron chi connectivity index (χ1n) is 5.67. The van der Waals surface area contributed by atoms with Gasteiger partial charge in [0, 0.05) is 18.0 Å². The summed E-state index contributed by atoms with van der Waals surface area (Å²) in [5.41, 5.74) is 6.91. The maximum Gasteiger partial charge on any atom is 0.239 e. The molecule has 0 bridgehead atoms. The van der Waals surface area contributed by atoms with Crippen molar-refractivity contribution in [2.45, 2.75) is 25.3 Å². The minimum absolute atomic E-state index is 0.372. The number of anilines is 1. The van der Waals surface area contributed by atoms with E-state index in [2.05, 4.69) is 22.2 Å². The fraction of sp³-hybridized carbons (Fsp3) is 0.333. The molecule has 1 aromatic heterocycles. The molecule has 1 aromatic carbocycles. The molecule has 0 radical (unpaired) electrons. The van der Waals surface area contributed by atoms with E-state index in [9.17, 15) is 0 Å². The molecule has 2 heterocycles. The Kier molecular flexibility index (Phi) is 2.52. The summed E-state index contributed by atoms with van der Waals surface area (Å²) in [5.74, 6) is 1.84. The van der Waals surface area contributed by atoms with E-state index < -0.39 is 0 Å².